The third-order valence-corrected chi connectivity index (χ3v) is 5.66. The Morgan fingerprint density at radius 2 is 1.84 bits per heavy atom. The number of aliphatic hydroxyl groups is 1. The van der Waals surface area contributed by atoms with Crippen LogP contribution in [0.3, 0.4) is 0 Å². The van der Waals surface area contributed by atoms with Crippen LogP contribution in [0.4, 0.5) is 13.2 Å². The summed E-state index contributed by atoms with van der Waals surface area (Å²) in [5.74, 6) is -1.61. The van der Waals surface area contributed by atoms with Crippen LogP contribution in [0.1, 0.15) is 32.1 Å². The maximum atomic E-state index is 13.4. The van der Waals surface area contributed by atoms with Crippen molar-refractivity contribution in [2.45, 2.75) is 44.4 Å². The Morgan fingerprint density at radius 3 is 2.40 bits per heavy atom. The fourth-order valence-electron chi connectivity index (χ4n) is 4.55. The molecule has 25 heavy (non-hydrogen) atoms. The third-order valence-electron chi connectivity index (χ3n) is 5.66. The molecule has 3 aliphatic rings. The molecule has 1 unspecified atom stereocenters. The van der Waals surface area contributed by atoms with Crippen LogP contribution in [0.2, 0.25) is 0 Å². The molecule has 2 N–H and O–H groups in total. The molecule has 3 saturated carbocycles. The van der Waals surface area contributed by atoms with Crippen LogP contribution in [-0.2, 0) is 0 Å². The third kappa shape index (κ3) is 6.28. The minimum atomic E-state index is -4.12. The number of nitrogens with one attached hydrogen (secondary N) is 1. The molecule has 4 nitrogen and oxygen atoms in total. The van der Waals surface area contributed by atoms with Gasteiger partial charge in [0.05, 0.1) is 18.1 Å². The smallest absolute Gasteiger partial charge is 0.390 e. The van der Waals surface area contributed by atoms with E-state index in [4.69, 9.17) is 5.26 Å². The van der Waals surface area contributed by atoms with E-state index in [1.165, 1.54) is 0 Å². The largest absolute Gasteiger partial charge is 0.392 e. The number of fused-ring (bicyclic) bond motifs is 3. The average molecular weight is 384 g/mol. The quantitative estimate of drug-likeness (QED) is 0.676. The van der Waals surface area contributed by atoms with Crippen molar-refractivity contribution in [1.29, 1.82) is 5.26 Å². The zero-order chi connectivity index (χ0) is 17.7. The SMILES string of the molecule is CN(CCC#N)CC(O)CNC[C@H]1C2CCC(CC2)[C@@H]1C(F)(F)F.Cl. The maximum Gasteiger partial charge on any atom is 0.392 e. The zero-order valence-corrected chi connectivity index (χ0v) is 15.5. The van der Waals surface area contributed by atoms with Crippen molar-refractivity contribution >= 4 is 12.4 Å². The number of hydrogen-bond donors (Lipinski definition) is 2. The van der Waals surface area contributed by atoms with Gasteiger partial charge in [0.1, 0.15) is 0 Å². The molecule has 0 radical (unpaired) electrons. The summed E-state index contributed by atoms with van der Waals surface area (Å²) in [6, 6.07) is 2.05. The highest BCUT2D eigenvalue weighted by molar-refractivity contribution is 5.85. The lowest BCUT2D eigenvalue weighted by Crippen LogP contribution is -2.51. The van der Waals surface area contributed by atoms with Crippen LogP contribution in [-0.4, -0.2) is 55.5 Å². The van der Waals surface area contributed by atoms with Crippen LogP contribution in [0.15, 0.2) is 0 Å². The molecule has 0 heterocycles. The summed E-state index contributed by atoms with van der Waals surface area (Å²) in [4.78, 5) is 1.86. The zero-order valence-electron chi connectivity index (χ0n) is 14.6. The normalized spacial score (nSPS) is 30.0. The minimum absolute atomic E-state index is 0. The molecule has 146 valence electrons. The molecular formula is C17H29ClF3N3O. The molecular weight excluding hydrogens is 355 g/mol. The summed E-state index contributed by atoms with van der Waals surface area (Å²) >= 11 is 0. The standard InChI is InChI=1S/C17H28F3N3O.ClH/c1-23(8-2-7-21)11-14(24)9-22-10-15-12-3-5-13(6-4-12)16(15)17(18,19)20;/h12-16,22,24H,2-6,8-11H2,1H3;1H/t12?,13?,14?,15-,16-;/m0./s1. The first-order valence-corrected chi connectivity index (χ1v) is 8.84. The Hall–Kier alpha value is -0.550. The molecule has 3 aliphatic carbocycles. The van der Waals surface area contributed by atoms with E-state index in [0.717, 1.165) is 12.8 Å². The molecule has 3 atom stereocenters. The van der Waals surface area contributed by atoms with E-state index in [1.807, 2.05) is 18.0 Å². The fourth-order valence-corrected chi connectivity index (χ4v) is 4.55. The number of likely N-dealkylation sites (N-methyl/N-ethyl adjacent to an activating group) is 1. The Kier molecular flexibility index (Phi) is 8.96. The lowest BCUT2D eigenvalue weighted by molar-refractivity contribution is -0.229. The van der Waals surface area contributed by atoms with Gasteiger partial charge in [-0.05, 0) is 57.0 Å². The van der Waals surface area contributed by atoms with Crippen LogP contribution in [0, 0.1) is 35.0 Å². The lowest BCUT2D eigenvalue weighted by atomic mass is 9.58. The second kappa shape index (κ2) is 9.96. The number of hydrogen-bond acceptors (Lipinski definition) is 4. The summed E-state index contributed by atoms with van der Waals surface area (Å²) in [5.41, 5.74) is 0. The van der Waals surface area contributed by atoms with E-state index in [1.54, 1.807) is 0 Å². The predicted molar refractivity (Wildman–Crippen MR) is 92.3 cm³/mol. The van der Waals surface area contributed by atoms with Crippen molar-refractivity contribution in [3.05, 3.63) is 0 Å². The van der Waals surface area contributed by atoms with E-state index < -0.39 is 18.2 Å². The molecule has 3 rings (SSSR count). The molecule has 0 aromatic rings. The Bertz CT molecular complexity index is 436. The Balaban J connectivity index is 0.00000312. The summed E-state index contributed by atoms with van der Waals surface area (Å²) in [6.45, 7) is 1.60. The van der Waals surface area contributed by atoms with Gasteiger partial charge in [-0.15, -0.1) is 12.4 Å². The van der Waals surface area contributed by atoms with E-state index >= 15 is 0 Å². The molecule has 2 bridgehead atoms. The van der Waals surface area contributed by atoms with Gasteiger partial charge in [0.2, 0.25) is 0 Å². The second-order valence-electron chi connectivity index (χ2n) is 7.39. The van der Waals surface area contributed by atoms with Crippen molar-refractivity contribution in [2.24, 2.45) is 23.7 Å². The average Bonchev–Trinajstić information content (AvgIpc) is 2.52. The van der Waals surface area contributed by atoms with Gasteiger partial charge in [-0.3, -0.25) is 0 Å². The minimum Gasteiger partial charge on any atom is -0.390 e. The van der Waals surface area contributed by atoms with Crippen LogP contribution in [0.5, 0.6) is 0 Å². The van der Waals surface area contributed by atoms with E-state index in [-0.39, 0.29) is 36.7 Å². The summed E-state index contributed by atoms with van der Waals surface area (Å²) in [5, 5.41) is 21.6. The second-order valence-corrected chi connectivity index (χ2v) is 7.39. The Morgan fingerprint density at radius 1 is 1.24 bits per heavy atom. The van der Waals surface area contributed by atoms with Gasteiger partial charge < -0.3 is 15.3 Å². The molecule has 8 heteroatoms. The van der Waals surface area contributed by atoms with Gasteiger partial charge in [0.15, 0.2) is 0 Å². The molecule has 3 fully saturated rings. The van der Waals surface area contributed by atoms with Crippen molar-refractivity contribution in [1.82, 2.24) is 10.2 Å². The first kappa shape index (κ1) is 22.5. The summed E-state index contributed by atoms with van der Waals surface area (Å²) in [7, 11) is 1.82. The summed E-state index contributed by atoms with van der Waals surface area (Å²) < 4.78 is 40.2. The summed E-state index contributed by atoms with van der Waals surface area (Å²) in [6.07, 6.45) is -1.14. The molecule has 0 aliphatic heterocycles. The van der Waals surface area contributed by atoms with E-state index in [0.29, 0.717) is 38.9 Å². The molecule has 0 saturated heterocycles. The number of halogens is 4. The highest BCUT2D eigenvalue weighted by atomic mass is 35.5. The number of nitriles is 1. The highest BCUT2D eigenvalue weighted by Gasteiger charge is 2.55. The first-order chi connectivity index (χ1) is 11.3. The van der Waals surface area contributed by atoms with Crippen molar-refractivity contribution < 1.29 is 18.3 Å². The first-order valence-electron chi connectivity index (χ1n) is 8.84. The number of aliphatic hydroxyl groups excluding tert-OH is 1. The van der Waals surface area contributed by atoms with Gasteiger partial charge in [-0.1, -0.05) is 0 Å². The topological polar surface area (TPSA) is 59.3 Å². The lowest BCUT2D eigenvalue weighted by Gasteiger charge is -2.49. The van der Waals surface area contributed by atoms with Crippen molar-refractivity contribution in [3.8, 4) is 6.07 Å². The molecule has 0 amide bonds. The predicted octanol–water partition coefficient (Wildman–Crippen LogP) is 2.82. The molecule has 0 aromatic heterocycles. The van der Waals surface area contributed by atoms with Crippen LogP contribution >= 0.6 is 12.4 Å². The number of rotatable bonds is 8. The van der Waals surface area contributed by atoms with Crippen molar-refractivity contribution in [3.63, 3.8) is 0 Å². The van der Waals surface area contributed by atoms with Gasteiger partial charge >= 0.3 is 6.18 Å². The Labute approximate surface area is 154 Å². The van der Waals surface area contributed by atoms with Crippen molar-refractivity contribution in [2.75, 3.05) is 33.2 Å². The molecule has 0 spiro atoms. The highest BCUT2D eigenvalue weighted by Crippen LogP contribution is 2.54. The molecule has 0 aromatic carbocycles. The number of nitrogens with zero attached hydrogens (tertiary/aromatic N) is 2. The van der Waals surface area contributed by atoms with E-state index in [2.05, 4.69) is 5.32 Å². The monoisotopic (exact) mass is 383 g/mol. The van der Waals surface area contributed by atoms with Gasteiger partial charge in [-0.25, -0.2) is 0 Å². The van der Waals surface area contributed by atoms with Gasteiger partial charge in [0.25, 0.3) is 0 Å². The fraction of sp³-hybridized carbons (Fsp3) is 0.941. The van der Waals surface area contributed by atoms with Gasteiger partial charge in [0, 0.05) is 26.1 Å². The van der Waals surface area contributed by atoms with Gasteiger partial charge in [-0.2, -0.15) is 18.4 Å². The van der Waals surface area contributed by atoms with E-state index in [9.17, 15) is 18.3 Å². The number of alkyl halides is 3. The van der Waals surface area contributed by atoms with Crippen LogP contribution < -0.4 is 5.32 Å². The maximum absolute atomic E-state index is 13.4. The van der Waals surface area contributed by atoms with Crippen LogP contribution in [0.25, 0.3) is 0 Å².